The zero-order valence-electron chi connectivity index (χ0n) is 29.1. The summed E-state index contributed by atoms with van der Waals surface area (Å²) >= 11 is -4.94. The molecule has 2 aliphatic carbocycles. The van der Waals surface area contributed by atoms with Crippen LogP contribution in [0.1, 0.15) is 71.1 Å². The molecule has 0 bridgehead atoms. The van der Waals surface area contributed by atoms with Gasteiger partial charge in [0, 0.05) is 0 Å². The number of ether oxygens (including phenoxy) is 2. The van der Waals surface area contributed by atoms with Crippen LogP contribution in [0.5, 0.6) is 11.5 Å². The molecular weight excluding hydrogens is 743 g/mol. The van der Waals surface area contributed by atoms with Gasteiger partial charge in [0.1, 0.15) is 0 Å². The van der Waals surface area contributed by atoms with Crippen LogP contribution in [0.4, 0.5) is 0 Å². The van der Waals surface area contributed by atoms with Gasteiger partial charge in [0.15, 0.2) is 0 Å². The van der Waals surface area contributed by atoms with E-state index >= 15 is 0 Å². The zero-order chi connectivity index (χ0) is 33.0. The predicted octanol–water partition coefficient (Wildman–Crippen LogP) is 11.7. The summed E-state index contributed by atoms with van der Waals surface area (Å²) in [4.78, 5) is 0. The molecule has 4 aromatic rings. The molecule has 0 saturated carbocycles. The Bertz CT molecular complexity index is 1860. The Morgan fingerprint density at radius 2 is 0.957 bits per heavy atom. The van der Waals surface area contributed by atoms with Gasteiger partial charge in [-0.05, 0) is 0 Å². The van der Waals surface area contributed by atoms with Crippen molar-refractivity contribution in [1.82, 2.24) is 0 Å². The van der Waals surface area contributed by atoms with E-state index < -0.39 is 14.2 Å². The number of rotatable bonds is 10. The second-order valence-electron chi connectivity index (χ2n) is 17.3. The maximum absolute atomic E-state index is 5.95. The van der Waals surface area contributed by atoms with E-state index in [1.807, 2.05) is 0 Å². The van der Waals surface area contributed by atoms with Crippen LogP contribution < -0.4 is 9.47 Å². The van der Waals surface area contributed by atoms with Crippen LogP contribution in [0.3, 0.4) is 0 Å². The molecule has 0 spiro atoms. The number of allylic oxidation sites excluding steroid dienone is 2. The molecule has 4 aromatic carbocycles. The third-order valence-corrected chi connectivity index (χ3v) is 76.3. The normalized spacial score (nSPS) is 19.3. The van der Waals surface area contributed by atoms with Gasteiger partial charge in [0.05, 0.1) is 0 Å². The Balaban J connectivity index is 1.47. The Labute approximate surface area is 273 Å². The van der Waals surface area contributed by atoms with E-state index in [-0.39, 0.29) is 12.2 Å². The molecular formula is C42H52HfO2Si. The molecule has 2 unspecified atom stereocenters. The van der Waals surface area contributed by atoms with Crippen molar-refractivity contribution in [3.8, 4) is 33.8 Å². The van der Waals surface area contributed by atoms with Crippen LogP contribution >= 0.6 is 0 Å². The maximum atomic E-state index is 5.95. The SMILES string of the molecule is C[CH2][Hf]([CH3])([CH3])(=[SiH2])([CH2]C)([CH]1C=Cc2c(-c3ccc(OC(C)C)cc3)cccc21)[CH]1C=Cc2c(-c3ccc(OC(C)C)cc3)cccc21. The summed E-state index contributed by atoms with van der Waals surface area (Å²) in [6.45, 7) is 15.8. The Kier molecular flexibility index (Phi) is 7.54. The van der Waals surface area contributed by atoms with Crippen LogP contribution in [-0.4, -0.2) is 19.1 Å². The molecule has 240 valence electrons. The Hall–Kier alpha value is -2.95. The summed E-state index contributed by atoms with van der Waals surface area (Å²) in [5.41, 5.74) is 10.9. The van der Waals surface area contributed by atoms with Gasteiger partial charge < -0.3 is 0 Å². The van der Waals surface area contributed by atoms with Crippen LogP contribution in [0, 0.1) is 0 Å². The molecule has 0 aromatic heterocycles. The van der Waals surface area contributed by atoms with Gasteiger partial charge in [-0.15, -0.1) is 0 Å². The van der Waals surface area contributed by atoms with E-state index in [0.717, 1.165) is 11.5 Å². The molecule has 0 radical (unpaired) electrons. The van der Waals surface area contributed by atoms with E-state index in [1.165, 1.54) is 52.9 Å². The molecule has 6 rings (SSSR count). The minimum absolute atomic E-state index is 0.164. The minimum atomic E-state index is -4.94. The molecule has 2 aliphatic rings. The van der Waals surface area contributed by atoms with Crippen molar-refractivity contribution < 1.29 is 23.7 Å². The second kappa shape index (κ2) is 10.5. The number of benzene rings is 4. The fourth-order valence-corrected chi connectivity index (χ4v) is 43.7. The first-order valence-corrected chi connectivity index (χ1v) is 42.1. The van der Waals surface area contributed by atoms with E-state index in [4.69, 9.17) is 9.47 Å². The standard InChI is InChI=1S/2C18H17O.2C2H5.2CH3.Hf.H2Si/c2*1-13(2)19-16-11-9-15(10-12-16)18-8-4-6-14-5-3-7-17(14)18;2*1-2;;;;/h2*3-13H,1-2H3;2*1H2,2H3;2*1H3;;1H2. The number of hydrogen-bond acceptors (Lipinski definition) is 2. The van der Waals surface area contributed by atoms with E-state index in [2.05, 4.69) is 167 Å². The molecule has 2 nitrogen and oxygen atoms in total. The molecule has 0 fully saturated rings. The first kappa shape index (κ1) is 33.0. The second-order valence-corrected chi connectivity index (χ2v) is 95.8. The summed E-state index contributed by atoms with van der Waals surface area (Å²) in [7, 11) is 0. The average molecular weight is 795 g/mol. The summed E-state index contributed by atoms with van der Waals surface area (Å²) < 4.78 is 20.7. The molecule has 0 N–H and O–H groups in total. The van der Waals surface area contributed by atoms with Crippen molar-refractivity contribution in [2.75, 3.05) is 0 Å². The number of hydrogen-bond donors (Lipinski definition) is 0. The zero-order valence-corrected chi connectivity index (χ0v) is 34.1. The Morgan fingerprint density at radius 1 is 0.587 bits per heavy atom. The van der Waals surface area contributed by atoms with Gasteiger partial charge in [0.2, 0.25) is 0 Å². The summed E-state index contributed by atoms with van der Waals surface area (Å²) in [5, 5.41) is 0. The molecule has 0 saturated heterocycles. The number of fused-ring (bicyclic) bond motifs is 2. The fraction of sp³-hybridized carbons (Fsp3) is 0.333. The van der Waals surface area contributed by atoms with Crippen LogP contribution in [0.25, 0.3) is 34.4 Å². The van der Waals surface area contributed by atoms with Crippen molar-refractivity contribution >= 4 is 19.1 Å². The average Bonchev–Trinajstić information content (AvgIpc) is 3.69. The third kappa shape index (κ3) is 4.97. The van der Waals surface area contributed by atoms with E-state index in [0.29, 0.717) is 7.35 Å². The molecule has 4 heteroatoms. The van der Waals surface area contributed by atoms with Crippen molar-refractivity contribution in [3.05, 3.63) is 119 Å². The first-order chi connectivity index (χ1) is 21.7. The van der Waals surface area contributed by atoms with Crippen molar-refractivity contribution in [1.29, 1.82) is 0 Å². The van der Waals surface area contributed by atoms with Gasteiger partial charge in [0.25, 0.3) is 0 Å². The quantitative estimate of drug-likeness (QED) is 0.149. The van der Waals surface area contributed by atoms with E-state index in [1.54, 1.807) is 0 Å². The molecule has 46 heavy (non-hydrogen) atoms. The Morgan fingerprint density at radius 3 is 1.28 bits per heavy atom. The van der Waals surface area contributed by atoms with Gasteiger partial charge in [-0.3, -0.25) is 0 Å². The van der Waals surface area contributed by atoms with Gasteiger partial charge >= 0.3 is 275 Å². The fourth-order valence-electron chi connectivity index (χ4n) is 8.84. The van der Waals surface area contributed by atoms with Crippen LogP contribution in [0.2, 0.25) is 17.7 Å². The molecule has 0 aliphatic heterocycles. The van der Waals surface area contributed by atoms with Gasteiger partial charge in [-0.25, -0.2) is 0 Å². The van der Waals surface area contributed by atoms with Gasteiger partial charge in [-0.1, -0.05) is 0 Å². The molecule has 0 amide bonds. The molecule has 2 atom stereocenters. The van der Waals surface area contributed by atoms with E-state index in [9.17, 15) is 0 Å². The first-order valence-electron chi connectivity index (χ1n) is 17.4. The summed E-state index contributed by atoms with van der Waals surface area (Å²) in [6.07, 6.45) is 10.4. The molecule has 0 heterocycles. The monoisotopic (exact) mass is 796 g/mol. The topological polar surface area (TPSA) is 18.5 Å². The van der Waals surface area contributed by atoms with Crippen molar-refractivity contribution in [3.63, 3.8) is 0 Å². The van der Waals surface area contributed by atoms with Crippen molar-refractivity contribution in [2.24, 2.45) is 0 Å². The van der Waals surface area contributed by atoms with Crippen molar-refractivity contribution in [2.45, 2.75) is 78.8 Å². The van der Waals surface area contributed by atoms with Crippen LogP contribution in [-0.2, 0) is 14.2 Å². The summed E-state index contributed by atoms with van der Waals surface area (Å²) in [5.74, 6) is 1.84. The predicted molar refractivity (Wildman–Crippen MR) is 200 cm³/mol. The summed E-state index contributed by atoms with van der Waals surface area (Å²) in [6, 6.07) is 31.3. The van der Waals surface area contributed by atoms with Gasteiger partial charge in [-0.2, -0.15) is 0 Å². The van der Waals surface area contributed by atoms with Crippen LogP contribution in [0.15, 0.2) is 97.1 Å². The third-order valence-electron chi connectivity index (χ3n) is 13.1.